The summed E-state index contributed by atoms with van der Waals surface area (Å²) in [6.07, 6.45) is 5.37. The molecule has 1 fully saturated rings. The summed E-state index contributed by atoms with van der Waals surface area (Å²) in [4.78, 5) is 0. The van der Waals surface area contributed by atoms with Crippen LogP contribution in [0.25, 0.3) is 0 Å². The number of aliphatic hydroxyl groups is 1. The number of hydrogen-bond acceptors (Lipinski definition) is 3. The lowest BCUT2D eigenvalue weighted by atomic mass is 9.92. The number of nitrogens with one attached hydrogen (secondary N) is 1. The van der Waals surface area contributed by atoms with Crippen molar-refractivity contribution in [2.45, 2.75) is 50.7 Å². The predicted octanol–water partition coefficient (Wildman–Crippen LogP) is 2.62. The molecule has 0 radical (unpaired) electrons. The molecule has 1 heterocycles. The van der Waals surface area contributed by atoms with E-state index >= 15 is 0 Å². The zero-order valence-corrected chi connectivity index (χ0v) is 13.0. The Morgan fingerprint density at radius 2 is 2.10 bits per heavy atom. The Labute approximate surface area is 127 Å². The third-order valence-electron chi connectivity index (χ3n) is 5.10. The van der Waals surface area contributed by atoms with E-state index in [-0.39, 0.29) is 0 Å². The molecule has 2 aliphatic rings. The zero-order valence-electron chi connectivity index (χ0n) is 13.0. The summed E-state index contributed by atoms with van der Waals surface area (Å²) in [5, 5.41) is 14.5. The summed E-state index contributed by atoms with van der Waals surface area (Å²) in [7, 11) is 0. The Morgan fingerprint density at radius 3 is 2.90 bits per heavy atom. The number of aryl methyl sites for hydroxylation is 1. The van der Waals surface area contributed by atoms with Crippen LogP contribution in [0.5, 0.6) is 0 Å². The first-order valence-electron chi connectivity index (χ1n) is 8.29. The van der Waals surface area contributed by atoms with Gasteiger partial charge in [0.05, 0.1) is 0 Å². The summed E-state index contributed by atoms with van der Waals surface area (Å²) in [6, 6.07) is 8.75. The van der Waals surface area contributed by atoms with Crippen LogP contribution in [0.2, 0.25) is 0 Å². The predicted molar refractivity (Wildman–Crippen MR) is 84.3 cm³/mol. The van der Waals surface area contributed by atoms with E-state index in [0.29, 0.717) is 12.6 Å². The average Bonchev–Trinajstić information content (AvgIpc) is 2.85. The highest BCUT2D eigenvalue weighted by molar-refractivity contribution is 5.37. The van der Waals surface area contributed by atoms with E-state index < -0.39 is 5.60 Å². The van der Waals surface area contributed by atoms with Crippen LogP contribution in [0.3, 0.4) is 0 Å². The second kappa shape index (κ2) is 6.47. The van der Waals surface area contributed by atoms with E-state index in [9.17, 15) is 5.11 Å². The molecule has 0 spiro atoms. The van der Waals surface area contributed by atoms with Crippen molar-refractivity contribution in [1.82, 2.24) is 5.32 Å². The standard InChI is InChI=1S/C18H27NO2/c1-14(12-15-7-10-21-11-8-15)19-13-18(20)9-6-16-4-2-3-5-17(16)18/h2-5,14-15,19-20H,6-13H2,1H3. The fourth-order valence-electron chi connectivity index (χ4n) is 3.76. The topological polar surface area (TPSA) is 41.5 Å². The molecular weight excluding hydrogens is 262 g/mol. The molecule has 3 nitrogen and oxygen atoms in total. The minimum Gasteiger partial charge on any atom is -0.384 e. The molecular formula is C18H27NO2. The molecule has 1 saturated heterocycles. The van der Waals surface area contributed by atoms with Gasteiger partial charge in [0, 0.05) is 25.8 Å². The summed E-state index contributed by atoms with van der Waals surface area (Å²) >= 11 is 0. The van der Waals surface area contributed by atoms with Gasteiger partial charge < -0.3 is 15.2 Å². The molecule has 3 heteroatoms. The van der Waals surface area contributed by atoms with Crippen LogP contribution in [0.4, 0.5) is 0 Å². The van der Waals surface area contributed by atoms with Crippen molar-refractivity contribution >= 4 is 0 Å². The van der Waals surface area contributed by atoms with Crippen LogP contribution in [-0.4, -0.2) is 30.9 Å². The van der Waals surface area contributed by atoms with Gasteiger partial charge in [0.25, 0.3) is 0 Å². The third kappa shape index (κ3) is 3.47. The van der Waals surface area contributed by atoms with E-state index in [4.69, 9.17) is 4.74 Å². The largest absolute Gasteiger partial charge is 0.384 e. The first-order valence-corrected chi connectivity index (χ1v) is 8.29. The number of hydrogen-bond donors (Lipinski definition) is 2. The lowest BCUT2D eigenvalue weighted by Crippen LogP contribution is -2.41. The smallest absolute Gasteiger partial charge is 0.103 e. The fourth-order valence-corrected chi connectivity index (χ4v) is 3.76. The Morgan fingerprint density at radius 1 is 1.33 bits per heavy atom. The Balaban J connectivity index is 1.52. The molecule has 1 aliphatic heterocycles. The Kier molecular flexibility index (Phi) is 4.63. The van der Waals surface area contributed by atoms with Crippen LogP contribution >= 0.6 is 0 Å². The van der Waals surface area contributed by atoms with E-state index in [2.05, 4.69) is 30.4 Å². The van der Waals surface area contributed by atoms with Crippen LogP contribution in [-0.2, 0) is 16.8 Å². The third-order valence-corrected chi connectivity index (χ3v) is 5.10. The molecule has 2 N–H and O–H groups in total. The van der Waals surface area contributed by atoms with Crippen LogP contribution in [0.15, 0.2) is 24.3 Å². The van der Waals surface area contributed by atoms with Crippen molar-refractivity contribution in [3.05, 3.63) is 35.4 Å². The van der Waals surface area contributed by atoms with Crippen molar-refractivity contribution in [2.75, 3.05) is 19.8 Å². The normalized spacial score (nSPS) is 27.5. The molecule has 3 rings (SSSR count). The van der Waals surface area contributed by atoms with Gasteiger partial charge in [0.2, 0.25) is 0 Å². The quantitative estimate of drug-likeness (QED) is 0.875. The Bertz CT molecular complexity index is 470. The maximum Gasteiger partial charge on any atom is 0.103 e. The molecule has 1 aliphatic carbocycles. The van der Waals surface area contributed by atoms with Gasteiger partial charge in [-0.25, -0.2) is 0 Å². The first-order chi connectivity index (χ1) is 10.2. The van der Waals surface area contributed by atoms with Gasteiger partial charge in [0.1, 0.15) is 5.60 Å². The number of rotatable bonds is 5. The molecule has 1 aromatic carbocycles. The highest BCUT2D eigenvalue weighted by atomic mass is 16.5. The summed E-state index contributed by atoms with van der Waals surface area (Å²) in [6.45, 7) is 4.72. The SMILES string of the molecule is CC(CC1CCOCC1)NCC1(O)CCc2ccccc21. The molecule has 0 aromatic heterocycles. The number of benzene rings is 1. The van der Waals surface area contributed by atoms with Crippen molar-refractivity contribution < 1.29 is 9.84 Å². The maximum atomic E-state index is 10.9. The van der Waals surface area contributed by atoms with Crippen molar-refractivity contribution in [1.29, 1.82) is 0 Å². The average molecular weight is 289 g/mol. The molecule has 1 aromatic rings. The summed E-state index contributed by atoms with van der Waals surface area (Å²) < 4.78 is 5.42. The van der Waals surface area contributed by atoms with Crippen molar-refractivity contribution in [3.8, 4) is 0 Å². The molecule has 0 bridgehead atoms. The fraction of sp³-hybridized carbons (Fsp3) is 0.667. The van der Waals surface area contributed by atoms with Crippen molar-refractivity contribution in [2.24, 2.45) is 5.92 Å². The summed E-state index contributed by atoms with van der Waals surface area (Å²) in [5.41, 5.74) is 1.75. The molecule has 21 heavy (non-hydrogen) atoms. The van der Waals surface area contributed by atoms with E-state index in [0.717, 1.165) is 37.5 Å². The molecule has 116 valence electrons. The van der Waals surface area contributed by atoms with Gasteiger partial charge in [-0.2, -0.15) is 0 Å². The highest BCUT2D eigenvalue weighted by Crippen LogP contribution is 2.36. The Hall–Kier alpha value is -0.900. The van der Waals surface area contributed by atoms with Gasteiger partial charge in [-0.1, -0.05) is 24.3 Å². The first kappa shape index (κ1) is 15.0. The van der Waals surface area contributed by atoms with E-state index in [1.165, 1.54) is 24.8 Å². The van der Waals surface area contributed by atoms with Crippen LogP contribution in [0.1, 0.15) is 43.7 Å². The highest BCUT2D eigenvalue weighted by Gasteiger charge is 2.36. The molecule has 0 amide bonds. The molecule has 2 atom stereocenters. The lowest BCUT2D eigenvalue weighted by molar-refractivity contribution is 0.0325. The molecule has 2 unspecified atom stereocenters. The minimum atomic E-state index is -0.680. The maximum absolute atomic E-state index is 10.9. The van der Waals surface area contributed by atoms with Gasteiger partial charge >= 0.3 is 0 Å². The summed E-state index contributed by atoms with van der Waals surface area (Å²) in [5.74, 6) is 0.770. The number of ether oxygens (including phenoxy) is 1. The van der Waals surface area contributed by atoms with E-state index in [1.807, 2.05) is 6.07 Å². The van der Waals surface area contributed by atoms with Gasteiger partial charge in [0.15, 0.2) is 0 Å². The second-order valence-corrected chi connectivity index (χ2v) is 6.76. The van der Waals surface area contributed by atoms with Gasteiger partial charge in [-0.05, 0) is 56.1 Å². The zero-order chi connectivity index (χ0) is 14.7. The van der Waals surface area contributed by atoms with Gasteiger partial charge in [-0.15, -0.1) is 0 Å². The number of fused-ring (bicyclic) bond motifs is 1. The van der Waals surface area contributed by atoms with E-state index in [1.54, 1.807) is 0 Å². The van der Waals surface area contributed by atoms with Crippen molar-refractivity contribution in [3.63, 3.8) is 0 Å². The van der Waals surface area contributed by atoms with Gasteiger partial charge in [-0.3, -0.25) is 0 Å². The second-order valence-electron chi connectivity index (χ2n) is 6.76. The lowest BCUT2D eigenvalue weighted by Gasteiger charge is -2.29. The van der Waals surface area contributed by atoms with Crippen LogP contribution in [0, 0.1) is 5.92 Å². The minimum absolute atomic E-state index is 0.449. The van der Waals surface area contributed by atoms with Crippen LogP contribution < -0.4 is 5.32 Å². The monoisotopic (exact) mass is 289 g/mol. The molecule has 0 saturated carbocycles.